The minimum absolute atomic E-state index is 0.286. The van der Waals surface area contributed by atoms with Crippen LogP contribution in [0.5, 0.6) is 0 Å². The minimum atomic E-state index is -0.867. The predicted octanol–water partition coefficient (Wildman–Crippen LogP) is 3.97. The number of anilines is 1. The van der Waals surface area contributed by atoms with Gasteiger partial charge in [-0.25, -0.2) is 4.79 Å². The smallest absolute Gasteiger partial charge is 0.408 e. The SMILES string of the molecule is Cc1cccc(C)c1NC(=O)C(c1ccccc1)N(C)C(=O)CNC(=O)OC(C)(C)C. The second-order valence-electron chi connectivity index (χ2n) is 8.43. The third-order valence-corrected chi connectivity index (χ3v) is 4.66. The zero-order valence-corrected chi connectivity index (χ0v) is 19.0. The molecule has 2 N–H and O–H groups in total. The molecule has 1 unspecified atom stereocenters. The second kappa shape index (κ2) is 10.1. The summed E-state index contributed by atoms with van der Waals surface area (Å²) in [7, 11) is 1.54. The van der Waals surface area contributed by atoms with Crippen molar-refractivity contribution in [3.05, 3.63) is 65.2 Å². The van der Waals surface area contributed by atoms with E-state index in [4.69, 9.17) is 4.74 Å². The van der Waals surface area contributed by atoms with Gasteiger partial charge in [0, 0.05) is 12.7 Å². The van der Waals surface area contributed by atoms with Crippen LogP contribution in [0.15, 0.2) is 48.5 Å². The highest BCUT2D eigenvalue weighted by Crippen LogP contribution is 2.25. The number of rotatable bonds is 6. The summed E-state index contributed by atoms with van der Waals surface area (Å²) >= 11 is 0. The first-order chi connectivity index (χ1) is 14.5. The summed E-state index contributed by atoms with van der Waals surface area (Å²) in [6.45, 7) is 8.77. The first kappa shape index (κ1) is 23.9. The van der Waals surface area contributed by atoms with Crippen molar-refractivity contribution in [1.82, 2.24) is 10.2 Å². The van der Waals surface area contributed by atoms with Crippen LogP contribution in [0.2, 0.25) is 0 Å². The van der Waals surface area contributed by atoms with Crippen LogP contribution in [0.3, 0.4) is 0 Å². The van der Waals surface area contributed by atoms with E-state index in [1.165, 1.54) is 4.90 Å². The fraction of sp³-hybridized carbons (Fsp3) is 0.375. The third-order valence-electron chi connectivity index (χ3n) is 4.66. The molecule has 3 amide bonds. The van der Waals surface area contributed by atoms with Crippen molar-refractivity contribution in [3.8, 4) is 0 Å². The van der Waals surface area contributed by atoms with Gasteiger partial charge in [0.1, 0.15) is 18.2 Å². The number of hydrogen-bond donors (Lipinski definition) is 2. The number of benzene rings is 2. The van der Waals surface area contributed by atoms with Crippen LogP contribution < -0.4 is 10.6 Å². The molecule has 0 aliphatic heterocycles. The van der Waals surface area contributed by atoms with Crippen molar-refractivity contribution >= 4 is 23.6 Å². The van der Waals surface area contributed by atoms with Crippen molar-refractivity contribution in [1.29, 1.82) is 0 Å². The molecular weight excluding hydrogens is 394 g/mol. The van der Waals surface area contributed by atoms with Crippen molar-refractivity contribution in [2.45, 2.75) is 46.3 Å². The van der Waals surface area contributed by atoms with Gasteiger partial charge in [-0.3, -0.25) is 9.59 Å². The Morgan fingerprint density at radius 3 is 2.10 bits per heavy atom. The quantitative estimate of drug-likeness (QED) is 0.733. The molecule has 0 heterocycles. The van der Waals surface area contributed by atoms with Crippen LogP contribution in [0.4, 0.5) is 10.5 Å². The number of hydrogen-bond acceptors (Lipinski definition) is 4. The van der Waals surface area contributed by atoms with Crippen molar-refractivity contribution in [2.75, 3.05) is 18.9 Å². The Bertz CT molecular complexity index is 915. The van der Waals surface area contributed by atoms with Crippen LogP contribution in [0, 0.1) is 13.8 Å². The fourth-order valence-electron chi connectivity index (χ4n) is 3.12. The number of para-hydroxylation sites is 1. The van der Waals surface area contributed by atoms with E-state index < -0.39 is 23.6 Å². The normalized spacial score (nSPS) is 11.9. The monoisotopic (exact) mass is 425 g/mol. The van der Waals surface area contributed by atoms with Crippen molar-refractivity contribution in [2.24, 2.45) is 0 Å². The van der Waals surface area contributed by atoms with E-state index in [0.717, 1.165) is 16.8 Å². The Hall–Kier alpha value is -3.35. The standard InChI is InChI=1S/C24H31N3O4/c1-16-11-10-12-17(2)20(16)26-22(29)21(18-13-8-7-9-14-18)27(6)19(28)15-25-23(30)31-24(3,4)5/h7-14,21H,15H2,1-6H3,(H,25,30)(H,26,29). The van der Waals surface area contributed by atoms with E-state index in [1.54, 1.807) is 40.0 Å². The molecule has 0 aromatic heterocycles. The average molecular weight is 426 g/mol. The lowest BCUT2D eigenvalue weighted by Gasteiger charge is -2.28. The molecule has 0 radical (unpaired) electrons. The van der Waals surface area contributed by atoms with Gasteiger partial charge >= 0.3 is 6.09 Å². The van der Waals surface area contributed by atoms with Crippen LogP contribution in [0.25, 0.3) is 0 Å². The molecular formula is C24H31N3O4. The predicted molar refractivity (Wildman–Crippen MR) is 121 cm³/mol. The highest BCUT2D eigenvalue weighted by molar-refractivity contribution is 5.99. The molecule has 0 saturated carbocycles. The maximum atomic E-state index is 13.3. The Kier molecular flexibility index (Phi) is 7.80. The van der Waals surface area contributed by atoms with Gasteiger partial charge in [-0.1, -0.05) is 48.5 Å². The Balaban J connectivity index is 2.20. The molecule has 0 fully saturated rings. The molecule has 2 aromatic carbocycles. The maximum absolute atomic E-state index is 13.3. The van der Waals surface area contributed by atoms with Crippen LogP contribution in [0.1, 0.15) is 43.5 Å². The number of aryl methyl sites for hydroxylation is 2. The molecule has 0 spiro atoms. The molecule has 0 saturated heterocycles. The summed E-state index contributed by atoms with van der Waals surface area (Å²) in [5.74, 6) is -0.756. The summed E-state index contributed by atoms with van der Waals surface area (Å²) in [4.78, 5) is 39.3. The molecule has 7 nitrogen and oxygen atoms in total. The van der Waals surface area contributed by atoms with E-state index in [9.17, 15) is 14.4 Å². The number of alkyl carbamates (subject to hydrolysis) is 1. The zero-order valence-electron chi connectivity index (χ0n) is 19.0. The summed E-state index contributed by atoms with van der Waals surface area (Å²) in [6, 6.07) is 13.9. The second-order valence-corrected chi connectivity index (χ2v) is 8.43. The van der Waals surface area contributed by atoms with Gasteiger partial charge < -0.3 is 20.3 Å². The number of amides is 3. The molecule has 2 rings (SSSR count). The molecule has 0 bridgehead atoms. The Morgan fingerprint density at radius 2 is 1.55 bits per heavy atom. The number of ether oxygens (including phenoxy) is 1. The van der Waals surface area contributed by atoms with Gasteiger partial charge in [-0.2, -0.15) is 0 Å². The van der Waals surface area contributed by atoms with E-state index in [-0.39, 0.29) is 12.5 Å². The van der Waals surface area contributed by atoms with Gasteiger partial charge in [0.15, 0.2) is 0 Å². The van der Waals surface area contributed by atoms with Crippen LogP contribution >= 0.6 is 0 Å². The third kappa shape index (κ3) is 6.84. The van der Waals surface area contributed by atoms with Gasteiger partial charge in [-0.15, -0.1) is 0 Å². The molecule has 2 aromatic rings. The molecule has 1 atom stereocenters. The zero-order chi connectivity index (χ0) is 23.2. The lowest BCUT2D eigenvalue weighted by Crippen LogP contribution is -2.44. The summed E-state index contributed by atoms with van der Waals surface area (Å²) in [6.07, 6.45) is -0.689. The summed E-state index contributed by atoms with van der Waals surface area (Å²) in [5.41, 5.74) is 2.58. The number of nitrogens with one attached hydrogen (secondary N) is 2. The van der Waals surface area contributed by atoms with Gasteiger partial charge in [0.05, 0.1) is 0 Å². The topological polar surface area (TPSA) is 87.7 Å². The number of likely N-dealkylation sites (N-methyl/N-ethyl adjacent to an activating group) is 1. The van der Waals surface area contributed by atoms with E-state index in [1.807, 2.05) is 50.2 Å². The summed E-state index contributed by atoms with van der Waals surface area (Å²) in [5, 5.41) is 5.41. The highest BCUT2D eigenvalue weighted by atomic mass is 16.6. The van der Waals surface area contributed by atoms with Crippen molar-refractivity contribution in [3.63, 3.8) is 0 Å². The van der Waals surface area contributed by atoms with Crippen LogP contribution in [-0.4, -0.2) is 42.0 Å². The van der Waals surface area contributed by atoms with Gasteiger partial charge in [0.2, 0.25) is 5.91 Å². The first-order valence-corrected chi connectivity index (χ1v) is 10.1. The number of carbonyl (C=O) groups is 3. The lowest BCUT2D eigenvalue weighted by molar-refractivity contribution is -0.136. The minimum Gasteiger partial charge on any atom is -0.444 e. The molecule has 0 aliphatic rings. The molecule has 166 valence electrons. The van der Waals surface area contributed by atoms with Crippen molar-refractivity contribution < 1.29 is 19.1 Å². The lowest BCUT2D eigenvalue weighted by atomic mass is 10.0. The number of carbonyl (C=O) groups excluding carboxylic acids is 3. The first-order valence-electron chi connectivity index (χ1n) is 10.1. The van der Waals surface area contributed by atoms with Gasteiger partial charge in [-0.05, 0) is 51.3 Å². The Morgan fingerprint density at radius 1 is 0.968 bits per heavy atom. The van der Waals surface area contributed by atoms with E-state index >= 15 is 0 Å². The highest BCUT2D eigenvalue weighted by Gasteiger charge is 2.29. The van der Waals surface area contributed by atoms with E-state index in [0.29, 0.717) is 5.56 Å². The largest absolute Gasteiger partial charge is 0.444 e. The average Bonchev–Trinajstić information content (AvgIpc) is 2.68. The molecule has 31 heavy (non-hydrogen) atoms. The maximum Gasteiger partial charge on any atom is 0.408 e. The van der Waals surface area contributed by atoms with E-state index in [2.05, 4.69) is 10.6 Å². The molecule has 7 heteroatoms. The van der Waals surface area contributed by atoms with Gasteiger partial charge in [0.25, 0.3) is 5.91 Å². The molecule has 0 aliphatic carbocycles. The Labute approximate surface area is 183 Å². The van der Waals surface area contributed by atoms with Crippen LogP contribution in [-0.2, 0) is 14.3 Å². The fourth-order valence-corrected chi connectivity index (χ4v) is 3.12. The summed E-state index contributed by atoms with van der Waals surface area (Å²) < 4.78 is 5.17. The number of nitrogens with zero attached hydrogens (tertiary/aromatic N) is 1.